The molecule has 0 aromatic heterocycles. The molecule has 0 saturated heterocycles. The summed E-state index contributed by atoms with van der Waals surface area (Å²) in [6, 6.07) is -0.887. The van der Waals surface area contributed by atoms with Crippen LogP contribution >= 0.6 is 7.82 Å². The molecule has 0 fully saturated rings. The Bertz CT molecular complexity index is 686. The quantitative estimate of drug-likeness (QED) is 0.0346. The Labute approximate surface area is 270 Å². The molecule has 44 heavy (non-hydrogen) atoms. The summed E-state index contributed by atoms with van der Waals surface area (Å²) in [4.78, 5) is 22.6. The molecule has 0 bridgehead atoms. The molecule has 0 rings (SSSR count). The molecule has 4 atom stereocenters. The first-order chi connectivity index (χ1) is 21.3. The zero-order valence-corrected chi connectivity index (χ0v) is 29.4. The van der Waals surface area contributed by atoms with Crippen LogP contribution in [0.15, 0.2) is 0 Å². The van der Waals surface area contributed by atoms with Crippen molar-refractivity contribution in [2.75, 3.05) is 19.8 Å². The zero-order valence-electron chi connectivity index (χ0n) is 28.5. The molecule has 4 unspecified atom stereocenters. The number of phosphoric ester groups is 1. The van der Waals surface area contributed by atoms with Gasteiger partial charge in [-0.25, -0.2) is 4.57 Å². The van der Waals surface area contributed by atoms with E-state index in [2.05, 4.69) is 19.2 Å². The van der Waals surface area contributed by atoms with Crippen molar-refractivity contribution in [2.45, 2.75) is 193 Å². The third-order valence-corrected chi connectivity index (χ3v) is 9.25. The number of amides is 1. The van der Waals surface area contributed by atoms with Gasteiger partial charge in [-0.15, -0.1) is 0 Å². The average Bonchev–Trinajstić information content (AvgIpc) is 2.99. The molecule has 264 valence electrons. The number of aliphatic hydroxyl groups excluding tert-OH is 2. The standard InChI is InChI=1S/C34H71N2O7P/c1-3-5-7-9-11-13-14-15-16-18-20-22-24-26-33(38)32(30-43-44(40,41)42-28-27-35)36-34(39)29-31(37)25-23-21-19-17-12-10-8-6-4-2/h31-33,37-38H,3-30,35H2,1-2H3,(H,36,39)(H,40,41). The van der Waals surface area contributed by atoms with Crippen LogP contribution < -0.4 is 11.1 Å². The molecule has 0 aliphatic heterocycles. The highest BCUT2D eigenvalue weighted by molar-refractivity contribution is 7.47. The van der Waals surface area contributed by atoms with Crippen molar-refractivity contribution in [3.63, 3.8) is 0 Å². The minimum absolute atomic E-state index is 0.0621. The van der Waals surface area contributed by atoms with Gasteiger partial charge < -0.3 is 26.2 Å². The first-order valence-electron chi connectivity index (χ1n) is 18.2. The molecule has 0 spiro atoms. The number of hydrogen-bond donors (Lipinski definition) is 5. The minimum Gasteiger partial charge on any atom is -0.393 e. The second kappa shape index (κ2) is 31.1. The van der Waals surface area contributed by atoms with Gasteiger partial charge in [0.25, 0.3) is 0 Å². The van der Waals surface area contributed by atoms with Crippen LogP contribution in [0.5, 0.6) is 0 Å². The number of carbonyl (C=O) groups excluding carboxylic acids is 1. The zero-order chi connectivity index (χ0) is 32.7. The van der Waals surface area contributed by atoms with Crippen molar-refractivity contribution in [2.24, 2.45) is 5.73 Å². The number of carbonyl (C=O) groups is 1. The number of nitrogens with two attached hydrogens (primary N) is 1. The number of nitrogens with one attached hydrogen (secondary N) is 1. The van der Waals surface area contributed by atoms with Crippen LogP contribution in [0.25, 0.3) is 0 Å². The third kappa shape index (κ3) is 28.9. The summed E-state index contributed by atoms with van der Waals surface area (Å²) >= 11 is 0. The van der Waals surface area contributed by atoms with Gasteiger partial charge in [0.2, 0.25) is 5.91 Å². The van der Waals surface area contributed by atoms with Gasteiger partial charge in [-0.3, -0.25) is 13.8 Å². The molecule has 0 saturated carbocycles. The van der Waals surface area contributed by atoms with Gasteiger partial charge in [0.15, 0.2) is 0 Å². The van der Waals surface area contributed by atoms with Crippen molar-refractivity contribution >= 4 is 13.7 Å². The van der Waals surface area contributed by atoms with E-state index in [0.29, 0.717) is 12.8 Å². The van der Waals surface area contributed by atoms with Crippen molar-refractivity contribution < 1.29 is 33.5 Å². The predicted molar refractivity (Wildman–Crippen MR) is 182 cm³/mol. The Hall–Kier alpha value is -0.540. The summed E-state index contributed by atoms with van der Waals surface area (Å²) in [5.74, 6) is -0.415. The Morgan fingerprint density at radius 2 is 1.09 bits per heavy atom. The van der Waals surface area contributed by atoms with E-state index in [1.807, 2.05) is 0 Å². The summed E-state index contributed by atoms with van der Waals surface area (Å²) < 4.78 is 22.0. The monoisotopic (exact) mass is 650 g/mol. The molecule has 1 amide bonds. The lowest BCUT2D eigenvalue weighted by Gasteiger charge is -2.25. The maximum atomic E-state index is 12.7. The third-order valence-electron chi connectivity index (χ3n) is 8.27. The molecular formula is C34H71N2O7P. The normalized spacial score (nSPS) is 15.1. The summed E-state index contributed by atoms with van der Waals surface area (Å²) in [5.41, 5.74) is 5.34. The van der Waals surface area contributed by atoms with E-state index in [1.165, 1.54) is 103 Å². The molecule has 10 heteroatoms. The van der Waals surface area contributed by atoms with Crippen molar-refractivity contribution in [1.82, 2.24) is 5.32 Å². The lowest BCUT2D eigenvalue weighted by molar-refractivity contribution is -0.125. The van der Waals surface area contributed by atoms with Gasteiger partial charge in [-0.2, -0.15) is 0 Å². The van der Waals surface area contributed by atoms with Gasteiger partial charge in [0, 0.05) is 6.54 Å². The first-order valence-corrected chi connectivity index (χ1v) is 19.7. The highest BCUT2D eigenvalue weighted by Gasteiger charge is 2.28. The number of rotatable bonds is 34. The Morgan fingerprint density at radius 1 is 0.682 bits per heavy atom. The van der Waals surface area contributed by atoms with Crippen LogP contribution in [0, 0.1) is 0 Å². The second-order valence-corrected chi connectivity index (χ2v) is 14.1. The molecular weight excluding hydrogens is 579 g/mol. The summed E-state index contributed by atoms with van der Waals surface area (Å²) in [5, 5.41) is 24.0. The topological polar surface area (TPSA) is 151 Å². The van der Waals surface area contributed by atoms with Crippen molar-refractivity contribution in [1.29, 1.82) is 0 Å². The molecule has 9 nitrogen and oxygen atoms in total. The molecule has 0 heterocycles. The predicted octanol–water partition coefficient (Wildman–Crippen LogP) is 8.08. The number of hydrogen-bond acceptors (Lipinski definition) is 7. The van der Waals surface area contributed by atoms with E-state index in [-0.39, 0.29) is 26.2 Å². The van der Waals surface area contributed by atoms with E-state index < -0.39 is 32.0 Å². The van der Waals surface area contributed by atoms with E-state index >= 15 is 0 Å². The molecule has 0 aliphatic rings. The van der Waals surface area contributed by atoms with E-state index in [1.54, 1.807) is 0 Å². The van der Waals surface area contributed by atoms with Gasteiger partial charge in [0.05, 0.1) is 37.9 Å². The van der Waals surface area contributed by atoms with E-state index in [4.69, 9.17) is 14.8 Å². The average molecular weight is 651 g/mol. The van der Waals surface area contributed by atoms with Crippen LogP contribution in [0.1, 0.15) is 174 Å². The van der Waals surface area contributed by atoms with Crippen LogP contribution in [-0.2, 0) is 18.4 Å². The summed E-state index contributed by atoms with van der Waals surface area (Å²) in [7, 11) is -4.36. The molecule has 0 aliphatic carbocycles. The summed E-state index contributed by atoms with van der Waals surface area (Å²) in [6.45, 7) is 4.01. The Balaban J connectivity index is 4.40. The molecule has 0 radical (unpaired) electrons. The van der Waals surface area contributed by atoms with Crippen molar-refractivity contribution in [3.05, 3.63) is 0 Å². The SMILES string of the molecule is CCCCCCCCCCCCCCCC(O)C(COP(=O)(O)OCCN)NC(=O)CC(O)CCCCCCCCCCC. The summed E-state index contributed by atoms with van der Waals surface area (Å²) in [6.07, 6.45) is 25.8. The van der Waals surface area contributed by atoms with E-state index in [9.17, 15) is 24.5 Å². The molecule has 0 aromatic rings. The van der Waals surface area contributed by atoms with Crippen LogP contribution in [0.2, 0.25) is 0 Å². The number of unbranched alkanes of at least 4 members (excludes halogenated alkanes) is 20. The van der Waals surface area contributed by atoms with Gasteiger partial charge in [-0.05, 0) is 12.8 Å². The maximum absolute atomic E-state index is 12.7. The Kier molecular flexibility index (Phi) is 30.7. The smallest absolute Gasteiger partial charge is 0.393 e. The van der Waals surface area contributed by atoms with Crippen LogP contribution in [0.3, 0.4) is 0 Å². The molecule has 6 N–H and O–H groups in total. The highest BCUT2D eigenvalue weighted by atomic mass is 31.2. The second-order valence-electron chi connectivity index (χ2n) is 12.6. The largest absolute Gasteiger partial charge is 0.472 e. The first kappa shape index (κ1) is 43.5. The van der Waals surface area contributed by atoms with Gasteiger partial charge in [-0.1, -0.05) is 155 Å². The highest BCUT2D eigenvalue weighted by Crippen LogP contribution is 2.43. The fraction of sp³-hybridized carbons (Fsp3) is 0.971. The fourth-order valence-electron chi connectivity index (χ4n) is 5.47. The van der Waals surface area contributed by atoms with Gasteiger partial charge >= 0.3 is 7.82 Å². The lowest BCUT2D eigenvalue weighted by Crippen LogP contribution is -2.47. The minimum atomic E-state index is -4.36. The van der Waals surface area contributed by atoms with E-state index in [0.717, 1.165) is 38.5 Å². The lowest BCUT2D eigenvalue weighted by atomic mass is 10.0. The van der Waals surface area contributed by atoms with Crippen molar-refractivity contribution in [3.8, 4) is 0 Å². The van der Waals surface area contributed by atoms with Crippen LogP contribution in [-0.4, -0.2) is 59.0 Å². The Morgan fingerprint density at radius 3 is 1.52 bits per heavy atom. The number of phosphoric acid groups is 1. The van der Waals surface area contributed by atoms with Gasteiger partial charge in [0.1, 0.15) is 0 Å². The number of aliphatic hydroxyl groups is 2. The molecule has 0 aromatic carbocycles. The van der Waals surface area contributed by atoms with Crippen LogP contribution in [0.4, 0.5) is 0 Å². The fourth-order valence-corrected chi connectivity index (χ4v) is 6.23. The maximum Gasteiger partial charge on any atom is 0.472 e.